The quantitative estimate of drug-likeness (QED) is 0.608. The van der Waals surface area contributed by atoms with Gasteiger partial charge in [0.2, 0.25) is 0 Å². The van der Waals surface area contributed by atoms with Crippen LogP contribution in [-0.4, -0.2) is 6.54 Å². The van der Waals surface area contributed by atoms with Gasteiger partial charge in [-0.1, -0.05) is 19.1 Å². The van der Waals surface area contributed by atoms with Crippen LogP contribution >= 0.6 is 43.2 Å². The van der Waals surface area contributed by atoms with Crippen LogP contribution in [0.4, 0.5) is 8.78 Å². The molecule has 0 amide bonds. The molecule has 0 spiro atoms. The molecule has 1 nitrogen and oxygen atoms in total. The molecule has 21 heavy (non-hydrogen) atoms. The van der Waals surface area contributed by atoms with Gasteiger partial charge in [-0.2, -0.15) is 0 Å². The zero-order chi connectivity index (χ0) is 15.6. The molecular weight excluding hydrogens is 424 g/mol. The lowest BCUT2D eigenvalue weighted by Gasteiger charge is -2.19. The first-order valence-electron chi connectivity index (χ1n) is 6.58. The maximum absolute atomic E-state index is 14.3. The molecule has 0 bridgehead atoms. The van der Waals surface area contributed by atoms with E-state index in [9.17, 15) is 8.78 Å². The van der Waals surface area contributed by atoms with E-state index in [1.54, 1.807) is 19.1 Å². The highest BCUT2D eigenvalue weighted by molar-refractivity contribution is 9.13. The molecule has 1 N–H and O–H groups in total. The number of rotatable bonds is 5. The normalized spacial score (nSPS) is 12.7. The summed E-state index contributed by atoms with van der Waals surface area (Å²) in [7, 11) is 0. The number of hydrogen-bond acceptors (Lipinski definition) is 2. The molecule has 2 aromatic rings. The molecule has 6 heteroatoms. The zero-order valence-electron chi connectivity index (χ0n) is 11.6. The minimum atomic E-state index is -0.774. The highest BCUT2D eigenvalue weighted by Crippen LogP contribution is 2.38. The zero-order valence-corrected chi connectivity index (χ0v) is 15.6. The van der Waals surface area contributed by atoms with E-state index in [0.717, 1.165) is 26.1 Å². The number of nitrogens with one attached hydrogen (secondary N) is 1. The van der Waals surface area contributed by atoms with E-state index in [-0.39, 0.29) is 6.04 Å². The number of halogens is 4. The summed E-state index contributed by atoms with van der Waals surface area (Å²) in [4.78, 5) is 0.935. The van der Waals surface area contributed by atoms with Gasteiger partial charge < -0.3 is 5.32 Å². The fourth-order valence-corrected chi connectivity index (χ4v) is 4.23. The Morgan fingerprint density at radius 1 is 1.24 bits per heavy atom. The van der Waals surface area contributed by atoms with E-state index in [1.807, 2.05) is 13.0 Å². The van der Waals surface area contributed by atoms with Crippen molar-refractivity contribution < 1.29 is 8.78 Å². The molecule has 2 rings (SSSR count). The predicted molar refractivity (Wildman–Crippen MR) is 91.0 cm³/mol. The third-order valence-corrected chi connectivity index (χ3v) is 6.48. The van der Waals surface area contributed by atoms with Crippen molar-refractivity contribution in [1.82, 2.24) is 5.32 Å². The molecule has 0 aliphatic heterocycles. The second kappa shape index (κ2) is 7.31. The van der Waals surface area contributed by atoms with Gasteiger partial charge in [0.15, 0.2) is 11.6 Å². The van der Waals surface area contributed by atoms with Crippen LogP contribution in [0.1, 0.15) is 35.4 Å². The standard InChI is InChI=1S/C15H15Br2F2NS/c1-3-6-20-14(11-7-10(16)15(17)21-11)9-5-4-8(2)12(18)13(9)19/h4-5,7,14,20H,3,6H2,1-2H3. The lowest BCUT2D eigenvalue weighted by molar-refractivity contribution is 0.477. The maximum atomic E-state index is 14.3. The van der Waals surface area contributed by atoms with Gasteiger partial charge in [-0.25, -0.2) is 8.78 Å². The van der Waals surface area contributed by atoms with Crippen molar-refractivity contribution in [2.75, 3.05) is 6.54 Å². The lowest BCUT2D eigenvalue weighted by Crippen LogP contribution is -2.23. The van der Waals surface area contributed by atoms with Crippen molar-refractivity contribution in [2.24, 2.45) is 0 Å². The topological polar surface area (TPSA) is 12.0 Å². The second-order valence-corrected chi connectivity index (χ2v) is 8.01. The number of aryl methyl sites for hydroxylation is 1. The van der Waals surface area contributed by atoms with Crippen molar-refractivity contribution in [3.8, 4) is 0 Å². The first kappa shape index (κ1) is 17.1. The fourth-order valence-electron chi connectivity index (χ4n) is 2.04. The van der Waals surface area contributed by atoms with Crippen LogP contribution in [0, 0.1) is 18.6 Å². The molecule has 114 valence electrons. The lowest BCUT2D eigenvalue weighted by atomic mass is 10.0. The van der Waals surface area contributed by atoms with E-state index in [2.05, 4.69) is 37.2 Å². The van der Waals surface area contributed by atoms with Gasteiger partial charge in [-0.15, -0.1) is 11.3 Å². The van der Waals surface area contributed by atoms with Crippen LogP contribution in [0.25, 0.3) is 0 Å². The summed E-state index contributed by atoms with van der Waals surface area (Å²) in [6, 6.07) is 4.85. The minimum absolute atomic E-state index is 0.319. The van der Waals surface area contributed by atoms with Gasteiger partial charge in [0.25, 0.3) is 0 Å². The molecule has 1 aromatic heterocycles. The van der Waals surface area contributed by atoms with Crippen LogP contribution in [0.2, 0.25) is 0 Å². The van der Waals surface area contributed by atoms with E-state index < -0.39 is 11.6 Å². The maximum Gasteiger partial charge on any atom is 0.164 e. The molecule has 0 saturated heterocycles. The summed E-state index contributed by atoms with van der Waals surface area (Å²) < 4.78 is 30.0. The summed E-state index contributed by atoms with van der Waals surface area (Å²) in [5.74, 6) is -1.55. The van der Waals surface area contributed by atoms with Gasteiger partial charge in [-0.3, -0.25) is 0 Å². The van der Waals surface area contributed by atoms with Gasteiger partial charge in [0, 0.05) is 14.9 Å². The summed E-state index contributed by atoms with van der Waals surface area (Å²) in [6.45, 7) is 4.33. The monoisotopic (exact) mass is 437 g/mol. The van der Waals surface area contributed by atoms with Crippen LogP contribution in [0.15, 0.2) is 26.5 Å². The highest BCUT2D eigenvalue weighted by atomic mass is 79.9. The van der Waals surface area contributed by atoms with E-state index in [1.165, 1.54) is 11.3 Å². The number of benzene rings is 1. The Labute approximate surface area is 144 Å². The molecule has 1 unspecified atom stereocenters. The fraction of sp³-hybridized carbons (Fsp3) is 0.333. The van der Waals surface area contributed by atoms with Crippen molar-refractivity contribution >= 4 is 43.2 Å². The third kappa shape index (κ3) is 3.73. The van der Waals surface area contributed by atoms with E-state index in [0.29, 0.717) is 11.1 Å². The average Bonchev–Trinajstić information content (AvgIpc) is 2.78. The summed E-state index contributed by atoms with van der Waals surface area (Å²) in [5, 5.41) is 3.29. The van der Waals surface area contributed by atoms with Crippen LogP contribution in [0.3, 0.4) is 0 Å². The Hall–Kier alpha value is -0.300. The largest absolute Gasteiger partial charge is 0.306 e. The molecule has 0 saturated carbocycles. The minimum Gasteiger partial charge on any atom is -0.306 e. The summed E-state index contributed by atoms with van der Waals surface area (Å²) in [6.07, 6.45) is 0.917. The second-order valence-electron chi connectivity index (χ2n) is 4.76. The Balaban J connectivity index is 2.47. The van der Waals surface area contributed by atoms with Crippen molar-refractivity contribution in [3.63, 3.8) is 0 Å². The van der Waals surface area contributed by atoms with E-state index in [4.69, 9.17) is 0 Å². The molecule has 1 aromatic carbocycles. The number of thiophene rings is 1. The molecule has 0 radical (unpaired) electrons. The van der Waals surface area contributed by atoms with Crippen molar-refractivity contribution in [3.05, 3.63) is 54.1 Å². The van der Waals surface area contributed by atoms with Crippen LogP contribution < -0.4 is 5.32 Å². The first-order chi connectivity index (χ1) is 9.95. The van der Waals surface area contributed by atoms with Crippen molar-refractivity contribution in [2.45, 2.75) is 26.3 Å². The summed E-state index contributed by atoms with van der Waals surface area (Å²) >= 11 is 8.39. The molecule has 0 aliphatic carbocycles. The first-order valence-corrected chi connectivity index (χ1v) is 8.98. The van der Waals surface area contributed by atoms with Gasteiger partial charge in [0.1, 0.15) is 0 Å². The van der Waals surface area contributed by atoms with Crippen LogP contribution in [0.5, 0.6) is 0 Å². The summed E-state index contributed by atoms with van der Waals surface area (Å²) in [5.41, 5.74) is 0.659. The number of hydrogen-bond donors (Lipinski definition) is 1. The van der Waals surface area contributed by atoms with Crippen LogP contribution in [-0.2, 0) is 0 Å². The SMILES string of the molecule is CCCNC(c1cc(Br)c(Br)s1)c1ccc(C)c(F)c1F. The Morgan fingerprint density at radius 2 is 1.95 bits per heavy atom. The smallest absolute Gasteiger partial charge is 0.164 e. The Kier molecular flexibility index (Phi) is 5.94. The third-order valence-electron chi connectivity index (χ3n) is 3.16. The average molecular weight is 439 g/mol. The van der Waals surface area contributed by atoms with Gasteiger partial charge in [0.05, 0.1) is 9.83 Å². The Morgan fingerprint density at radius 3 is 2.52 bits per heavy atom. The van der Waals surface area contributed by atoms with E-state index >= 15 is 0 Å². The molecule has 0 fully saturated rings. The Bertz CT molecular complexity index is 623. The predicted octanol–water partition coefficient (Wildman–Crippen LogP) is 5.95. The molecule has 1 heterocycles. The molecular formula is C15H15Br2F2NS. The molecule has 1 atom stereocenters. The van der Waals surface area contributed by atoms with Gasteiger partial charge >= 0.3 is 0 Å². The molecule has 0 aliphatic rings. The highest BCUT2D eigenvalue weighted by Gasteiger charge is 2.23. The van der Waals surface area contributed by atoms with Crippen molar-refractivity contribution in [1.29, 1.82) is 0 Å². The van der Waals surface area contributed by atoms with Gasteiger partial charge in [-0.05, 0) is 63.4 Å².